The third-order valence-corrected chi connectivity index (χ3v) is 5.67. The van der Waals surface area contributed by atoms with Crippen LogP contribution in [0.5, 0.6) is 0 Å². The fourth-order valence-corrected chi connectivity index (χ4v) is 3.80. The zero-order valence-corrected chi connectivity index (χ0v) is 19.2. The predicted octanol–water partition coefficient (Wildman–Crippen LogP) is 1.97. The number of rotatable bonds is 10. The van der Waals surface area contributed by atoms with Crippen molar-refractivity contribution < 1.29 is 14.7 Å². The Kier molecular flexibility index (Phi) is 8.75. The summed E-state index contributed by atoms with van der Waals surface area (Å²) in [4.78, 5) is 38.3. The van der Waals surface area contributed by atoms with Gasteiger partial charge in [0, 0.05) is 39.1 Å². The Morgan fingerprint density at radius 1 is 1.39 bits per heavy atom. The van der Waals surface area contributed by atoms with Crippen LogP contribution in [0.2, 0.25) is 0 Å². The summed E-state index contributed by atoms with van der Waals surface area (Å²) < 4.78 is 5.49. The number of anilines is 2. The zero-order valence-electron chi connectivity index (χ0n) is 18.3. The number of hydroxylamine groups is 1. The minimum Gasteiger partial charge on any atom is -0.378 e. The molecule has 3 rings (SSSR count). The second-order valence-corrected chi connectivity index (χ2v) is 7.89. The summed E-state index contributed by atoms with van der Waals surface area (Å²) in [5.74, 6) is 1.26. The highest BCUT2D eigenvalue weighted by atomic mass is 32.1. The lowest BCUT2D eigenvalue weighted by molar-refractivity contribution is -0.124. The van der Waals surface area contributed by atoms with Crippen LogP contribution in [-0.2, 0) is 9.53 Å². The SMILES string of the molecule is C=N/C=C(\C=NCCN(C)c1nc(-c2cccs2)nc(N2CCOCC2)c1N=C)C(=O)NO. The van der Waals surface area contributed by atoms with E-state index in [2.05, 4.69) is 33.3 Å². The number of aromatic nitrogens is 2. The molecule has 11 nitrogen and oxygen atoms in total. The van der Waals surface area contributed by atoms with Crippen LogP contribution in [0.15, 0.2) is 44.3 Å². The quantitative estimate of drug-likeness (QED) is 0.235. The lowest BCUT2D eigenvalue weighted by Gasteiger charge is -2.30. The van der Waals surface area contributed by atoms with E-state index in [9.17, 15) is 4.79 Å². The Labute approximate surface area is 195 Å². The molecular formula is C21H26N8O3S. The number of nitrogens with zero attached hydrogens (tertiary/aromatic N) is 7. The summed E-state index contributed by atoms with van der Waals surface area (Å²) in [5, 5.41) is 10.8. The second-order valence-electron chi connectivity index (χ2n) is 6.94. The number of ether oxygens (including phenoxy) is 1. The van der Waals surface area contributed by atoms with E-state index in [0.717, 1.165) is 10.7 Å². The topological polar surface area (TPSA) is 128 Å². The van der Waals surface area contributed by atoms with Gasteiger partial charge in [0.1, 0.15) is 5.69 Å². The van der Waals surface area contributed by atoms with Gasteiger partial charge >= 0.3 is 0 Å². The summed E-state index contributed by atoms with van der Waals surface area (Å²) in [6.45, 7) is 10.5. The molecule has 2 aromatic rings. The van der Waals surface area contributed by atoms with E-state index < -0.39 is 5.91 Å². The number of carbonyl (C=O) groups excluding carboxylic acids is 1. The highest BCUT2D eigenvalue weighted by molar-refractivity contribution is 7.13. The smallest absolute Gasteiger partial charge is 0.277 e. The van der Waals surface area contributed by atoms with Crippen LogP contribution in [0, 0.1) is 0 Å². The molecule has 1 fully saturated rings. The van der Waals surface area contributed by atoms with Crippen LogP contribution < -0.4 is 15.3 Å². The molecule has 1 aliphatic heterocycles. The summed E-state index contributed by atoms with van der Waals surface area (Å²) in [7, 11) is 1.89. The maximum atomic E-state index is 11.6. The maximum absolute atomic E-state index is 11.6. The van der Waals surface area contributed by atoms with Crippen molar-refractivity contribution in [2.45, 2.75) is 0 Å². The van der Waals surface area contributed by atoms with Gasteiger partial charge in [0.25, 0.3) is 5.91 Å². The molecule has 3 heterocycles. The highest BCUT2D eigenvalue weighted by Crippen LogP contribution is 2.38. The molecular weight excluding hydrogens is 444 g/mol. The summed E-state index contributed by atoms with van der Waals surface area (Å²) >= 11 is 1.56. The van der Waals surface area contributed by atoms with Gasteiger partial charge in [-0.15, -0.1) is 11.3 Å². The molecule has 0 atom stereocenters. The van der Waals surface area contributed by atoms with Gasteiger partial charge in [0.05, 0.1) is 30.2 Å². The number of amides is 1. The molecule has 0 aliphatic carbocycles. The van der Waals surface area contributed by atoms with Gasteiger partial charge in [-0.1, -0.05) is 6.07 Å². The number of likely N-dealkylation sites (N-methyl/N-ethyl adjacent to an activating group) is 1. The first kappa shape index (κ1) is 24.2. The van der Waals surface area contributed by atoms with Crippen molar-refractivity contribution in [3.8, 4) is 10.7 Å². The van der Waals surface area contributed by atoms with E-state index in [1.165, 1.54) is 12.4 Å². The van der Waals surface area contributed by atoms with Gasteiger partial charge in [-0.3, -0.25) is 25.0 Å². The number of hydrogen-bond acceptors (Lipinski definition) is 11. The third kappa shape index (κ3) is 6.06. The number of aliphatic imine (C=N–C) groups is 3. The van der Waals surface area contributed by atoms with Crippen LogP contribution in [-0.4, -0.2) is 87.2 Å². The molecule has 2 aromatic heterocycles. The standard InChI is InChI=1S/C21H26N8O3S/c1-22-13-15(21(30)27-31)14-24-6-7-28(3)19-17(23-2)20(29-8-10-32-11-9-29)26-18(25-19)16-5-4-12-33-16/h4-5,12-14,31H,1-2,6-11H2,3H3,(H,27,30)/b15-13+,24-14?. The van der Waals surface area contributed by atoms with Crippen LogP contribution in [0.3, 0.4) is 0 Å². The molecule has 0 spiro atoms. The molecule has 2 N–H and O–H groups in total. The lowest BCUT2D eigenvalue weighted by Crippen LogP contribution is -2.37. The van der Waals surface area contributed by atoms with Crippen LogP contribution in [0.4, 0.5) is 17.3 Å². The second kappa shape index (κ2) is 11.9. The molecule has 33 heavy (non-hydrogen) atoms. The molecule has 0 radical (unpaired) electrons. The Morgan fingerprint density at radius 3 is 2.82 bits per heavy atom. The number of nitrogens with one attached hydrogen (secondary N) is 1. The van der Waals surface area contributed by atoms with Gasteiger partial charge in [-0.25, -0.2) is 15.4 Å². The van der Waals surface area contributed by atoms with Crippen molar-refractivity contribution in [3.63, 3.8) is 0 Å². The average molecular weight is 471 g/mol. The molecule has 0 unspecified atom stereocenters. The largest absolute Gasteiger partial charge is 0.378 e. The normalized spacial score (nSPS) is 14.4. The fourth-order valence-electron chi connectivity index (χ4n) is 3.14. The molecule has 0 bridgehead atoms. The van der Waals surface area contributed by atoms with Gasteiger partial charge in [0.2, 0.25) is 0 Å². The Balaban J connectivity index is 1.87. The molecule has 0 saturated carbocycles. The first-order valence-electron chi connectivity index (χ1n) is 10.2. The minimum atomic E-state index is -0.718. The predicted molar refractivity (Wildman–Crippen MR) is 132 cm³/mol. The van der Waals surface area contributed by atoms with Gasteiger partial charge in [0.15, 0.2) is 17.5 Å². The van der Waals surface area contributed by atoms with Crippen LogP contribution in [0.25, 0.3) is 10.7 Å². The fraction of sp³-hybridized carbons (Fsp3) is 0.333. The Bertz CT molecular complexity index is 1030. The molecule has 1 aliphatic rings. The van der Waals surface area contributed by atoms with Gasteiger partial charge in [-0.05, 0) is 24.9 Å². The Hall–Kier alpha value is -3.48. The average Bonchev–Trinajstić information content (AvgIpc) is 3.40. The number of thiophene rings is 1. The molecule has 0 aromatic carbocycles. The van der Waals surface area contributed by atoms with E-state index in [4.69, 9.17) is 19.9 Å². The third-order valence-electron chi connectivity index (χ3n) is 4.81. The molecule has 1 amide bonds. The van der Waals surface area contributed by atoms with Crippen molar-refractivity contribution in [1.82, 2.24) is 15.4 Å². The summed E-state index contributed by atoms with van der Waals surface area (Å²) in [6.07, 6.45) is 2.54. The monoisotopic (exact) mass is 470 g/mol. The van der Waals surface area contributed by atoms with Crippen LogP contribution >= 0.6 is 11.3 Å². The van der Waals surface area contributed by atoms with E-state index in [0.29, 0.717) is 56.7 Å². The van der Waals surface area contributed by atoms with E-state index >= 15 is 0 Å². The summed E-state index contributed by atoms with van der Waals surface area (Å²) in [5.41, 5.74) is 2.23. The number of carbonyl (C=O) groups is 1. The van der Waals surface area contributed by atoms with E-state index in [-0.39, 0.29) is 5.57 Å². The Morgan fingerprint density at radius 2 is 2.18 bits per heavy atom. The highest BCUT2D eigenvalue weighted by Gasteiger charge is 2.23. The number of hydrogen-bond donors (Lipinski definition) is 2. The molecule has 12 heteroatoms. The maximum Gasteiger partial charge on any atom is 0.277 e. The summed E-state index contributed by atoms with van der Waals surface area (Å²) in [6, 6.07) is 3.94. The van der Waals surface area contributed by atoms with E-state index in [1.54, 1.807) is 16.8 Å². The van der Waals surface area contributed by atoms with Gasteiger partial charge < -0.3 is 14.5 Å². The first-order chi connectivity index (χ1) is 16.1. The number of morpholine rings is 1. The van der Waals surface area contributed by atoms with Crippen molar-refractivity contribution in [2.24, 2.45) is 15.0 Å². The van der Waals surface area contributed by atoms with Gasteiger partial charge in [-0.2, -0.15) is 0 Å². The lowest BCUT2D eigenvalue weighted by atomic mass is 10.3. The minimum absolute atomic E-state index is 0.0835. The van der Waals surface area contributed by atoms with Crippen molar-refractivity contribution in [3.05, 3.63) is 29.3 Å². The van der Waals surface area contributed by atoms with Crippen molar-refractivity contribution >= 4 is 54.2 Å². The van der Waals surface area contributed by atoms with E-state index in [1.807, 2.05) is 29.5 Å². The molecule has 1 saturated heterocycles. The molecule has 174 valence electrons. The van der Waals surface area contributed by atoms with Crippen molar-refractivity contribution in [1.29, 1.82) is 0 Å². The first-order valence-corrected chi connectivity index (χ1v) is 11.0. The van der Waals surface area contributed by atoms with Crippen molar-refractivity contribution in [2.75, 3.05) is 56.2 Å². The zero-order chi connectivity index (χ0) is 23.6. The van der Waals surface area contributed by atoms with Crippen LogP contribution in [0.1, 0.15) is 0 Å².